The largest absolute Gasteiger partial charge is 0.484 e. The third kappa shape index (κ3) is 8.73. The highest BCUT2D eigenvalue weighted by molar-refractivity contribution is 7.92. The first-order chi connectivity index (χ1) is 17.6. The van der Waals surface area contributed by atoms with Crippen molar-refractivity contribution in [1.82, 2.24) is 10.7 Å². The van der Waals surface area contributed by atoms with Crippen LogP contribution in [0.1, 0.15) is 24.1 Å². The number of halogens is 1. The Morgan fingerprint density at radius 3 is 2.27 bits per heavy atom. The maximum Gasteiger partial charge on any atom is 0.260 e. The van der Waals surface area contributed by atoms with E-state index < -0.39 is 28.3 Å². The van der Waals surface area contributed by atoms with Crippen LogP contribution in [0.15, 0.2) is 84.0 Å². The molecule has 0 aliphatic heterocycles. The van der Waals surface area contributed by atoms with Crippen molar-refractivity contribution in [1.29, 1.82) is 0 Å². The van der Waals surface area contributed by atoms with E-state index in [1.807, 2.05) is 37.3 Å². The Kier molecular flexibility index (Phi) is 9.33. The van der Waals surface area contributed by atoms with E-state index in [1.54, 1.807) is 24.3 Å². The zero-order valence-corrected chi connectivity index (χ0v) is 21.1. The van der Waals surface area contributed by atoms with Crippen LogP contribution in [0.2, 0.25) is 0 Å². The Morgan fingerprint density at radius 1 is 1.00 bits per heavy atom. The molecule has 2 N–H and O–H groups in total. The van der Waals surface area contributed by atoms with Crippen molar-refractivity contribution in [2.24, 2.45) is 5.10 Å². The van der Waals surface area contributed by atoms with E-state index in [9.17, 15) is 22.4 Å². The SMILES string of the molecule is C[C@@H](NC(=O)COc1ccc(/C=N\NC(=O)CN(c2ccc(F)cc2)S(C)(=O)=O)cc1)c1ccccc1. The lowest BCUT2D eigenvalue weighted by Crippen LogP contribution is -2.39. The van der Waals surface area contributed by atoms with Crippen LogP contribution in [-0.2, 0) is 19.6 Å². The molecule has 0 unspecified atom stereocenters. The van der Waals surface area contributed by atoms with Crippen LogP contribution < -0.4 is 19.8 Å². The average molecular weight is 527 g/mol. The van der Waals surface area contributed by atoms with Gasteiger partial charge in [-0.2, -0.15) is 5.10 Å². The Morgan fingerprint density at radius 2 is 1.65 bits per heavy atom. The molecule has 0 saturated carbocycles. The van der Waals surface area contributed by atoms with Crippen molar-refractivity contribution in [3.05, 3.63) is 95.8 Å². The summed E-state index contributed by atoms with van der Waals surface area (Å²) in [6, 6.07) is 20.8. The number of rotatable bonds is 11. The molecule has 1 atom stereocenters. The van der Waals surface area contributed by atoms with Gasteiger partial charge in [0.1, 0.15) is 18.1 Å². The summed E-state index contributed by atoms with van der Waals surface area (Å²) in [5.41, 5.74) is 4.05. The van der Waals surface area contributed by atoms with Gasteiger partial charge in [-0.25, -0.2) is 18.2 Å². The molecule has 194 valence electrons. The lowest BCUT2D eigenvalue weighted by Gasteiger charge is -2.21. The molecule has 3 rings (SSSR count). The van der Waals surface area contributed by atoms with E-state index in [1.165, 1.54) is 18.3 Å². The Labute approximate surface area is 215 Å². The fourth-order valence-electron chi connectivity index (χ4n) is 3.26. The average Bonchev–Trinajstić information content (AvgIpc) is 2.87. The molecular formula is C26H27FN4O5S. The molecule has 3 aromatic carbocycles. The highest BCUT2D eigenvalue weighted by atomic mass is 32.2. The topological polar surface area (TPSA) is 117 Å². The zero-order chi connectivity index (χ0) is 26.8. The Bertz CT molecular complexity index is 1330. The molecule has 2 amide bonds. The van der Waals surface area contributed by atoms with Gasteiger partial charge in [-0.05, 0) is 66.6 Å². The molecule has 0 saturated heterocycles. The number of ether oxygens (including phenoxy) is 1. The van der Waals surface area contributed by atoms with Crippen LogP contribution >= 0.6 is 0 Å². The van der Waals surface area contributed by atoms with E-state index in [4.69, 9.17) is 4.74 Å². The maximum atomic E-state index is 13.2. The molecule has 0 aromatic heterocycles. The highest BCUT2D eigenvalue weighted by Crippen LogP contribution is 2.17. The van der Waals surface area contributed by atoms with Crippen LogP contribution in [-0.4, -0.2) is 45.9 Å². The quantitative estimate of drug-likeness (QED) is 0.294. The van der Waals surface area contributed by atoms with Crippen molar-refractivity contribution in [2.45, 2.75) is 13.0 Å². The van der Waals surface area contributed by atoms with Gasteiger partial charge in [-0.15, -0.1) is 0 Å². The van der Waals surface area contributed by atoms with E-state index in [2.05, 4.69) is 15.8 Å². The van der Waals surface area contributed by atoms with Crippen LogP contribution in [0.4, 0.5) is 10.1 Å². The predicted octanol–water partition coefficient (Wildman–Crippen LogP) is 3.00. The summed E-state index contributed by atoms with van der Waals surface area (Å²) in [6.07, 6.45) is 2.32. The summed E-state index contributed by atoms with van der Waals surface area (Å²) >= 11 is 0. The van der Waals surface area contributed by atoms with Gasteiger partial charge < -0.3 is 10.1 Å². The van der Waals surface area contributed by atoms with Gasteiger partial charge in [0, 0.05) is 0 Å². The summed E-state index contributed by atoms with van der Waals surface area (Å²) in [5, 5.41) is 6.71. The number of benzene rings is 3. The number of anilines is 1. The van der Waals surface area contributed by atoms with Gasteiger partial charge in [0.05, 0.1) is 24.2 Å². The second-order valence-electron chi connectivity index (χ2n) is 8.10. The second kappa shape index (κ2) is 12.6. The lowest BCUT2D eigenvalue weighted by molar-refractivity contribution is -0.123. The van der Waals surface area contributed by atoms with Gasteiger partial charge in [0.25, 0.3) is 11.8 Å². The van der Waals surface area contributed by atoms with E-state index in [0.717, 1.165) is 28.3 Å². The Balaban J connectivity index is 1.47. The normalized spacial score (nSPS) is 12.1. The first-order valence-electron chi connectivity index (χ1n) is 11.2. The van der Waals surface area contributed by atoms with Crippen LogP contribution in [0, 0.1) is 5.82 Å². The molecule has 0 heterocycles. The fraction of sp³-hybridized carbons (Fsp3) is 0.192. The zero-order valence-electron chi connectivity index (χ0n) is 20.3. The molecule has 0 spiro atoms. The van der Waals surface area contributed by atoms with Crippen LogP contribution in [0.5, 0.6) is 5.75 Å². The minimum absolute atomic E-state index is 0.147. The molecule has 3 aromatic rings. The summed E-state index contributed by atoms with van der Waals surface area (Å²) in [6.45, 7) is 1.22. The standard InChI is InChI=1S/C26H27FN4O5S/c1-19(21-6-4-3-5-7-21)29-26(33)18-36-24-14-8-20(9-15-24)16-28-30-25(32)17-31(37(2,34)35)23-12-10-22(27)11-13-23/h3-16,19H,17-18H2,1-2H3,(H,29,33)(H,30,32)/b28-16-/t19-/m1/s1. The lowest BCUT2D eigenvalue weighted by atomic mass is 10.1. The van der Waals surface area contributed by atoms with Crippen LogP contribution in [0.3, 0.4) is 0 Å². The van der Waals surface area contributed by atoms with Gasteiger partial charge in [-0.3, -0.25) is 13.9 Å². The first-order valence-corrected chi connectivity index (χ1v) is 13.1. The molecule has 37 heavy (non-hydrogen) atoms. The number of carbonyl (C=O) groups excluding carboxylic acids is 2. The monoisotopic (exact) mass is 526 g/mol. The van der Waals surface area contributed by atoms with Crippen molar-refractivity contribution >= 4 is 33.7 Å². The number of hydrogen-bond donors (Lipinski definition) is 2. The maximum absolute atomic E-state index is 13.2. The minimum Gasteiger partial charge on any atom is -0.484 e. The molecule has 0 aliphatic rings. The number of sulfonamides is 1. The van der Waals surface area contributed by atoms with E-state index in [0.29, 0.717) is 11.3 Å². The third-order valence-electron chi connectivity index (χ3n) is 5.13. The number of hydrazone groups is 1. The summed E-state index contributed by atoms with van der Waals surface area (Å²) in [5.74, 6) is -0.981. The van der Waals surface area contributed by atoms with Crippen molar-refractivity contribution < 1.29 is 27.1 Å². The van der Waals surface area contributed by atoms with Gasteiger partial charge in [0.2, 0.25) is 10.0 Å². The molecule has 0 aliphatic carbocycles. The van der Waals surface area contributed by atoms with Gasteiger partial charge in [0.15, 0.2) is 6.61 Å². The summed E-state index contributed by atoms with van der Waals surface area (Å²) in [4.78, 5) is 24.4. The van der Waals surface area contributed by atoms with Gasteiger partial charge in [-0.1, -0.05) is 30.3 Å². The number of nitrogens with one attached hydrogen (secondary N) is 2. The Hall–Kier alpha value is -4.25. The molecular weight excluding hydrogens is 499 g/mol. The number of nitrogens with zero attached hydrogens (tertiary/aromatic N) is 2. The fourth-order valence-corrected chi connectivity index (χ4v) is 4.12. The number of amides is 2. The number of carbonyl (C=O) groups is 2. The number of hydrogen-bond acceptors (Lipinski definition) is 6. The summed E-state index contributed by atoms with van der Waals surface area (Å²) in [7, 11) is -3.78. The third-order valence-corrected chi connectivity index (χ3v) is 6.27. The van der Waals surface area contributed by atoms with Crippen molar-refractivity contribution in [2.75, 3.05) is 23.7 Å². The molecule has 11 heteroatoms. The molecule has 0 bridgehead atoms. The first kappa shape index (κ1) is 27.3. The van der Waals surface area contributed by atoms with Gasteiger partial charge >= 0.3 is 0 Å². The minimum atomic E-state index is -3.78. The smallest absolute Gasteiger partial charge is 0.260 e. The van der Waals surface area contributed by atoms with Crippen molar-refractivity contribution in [3.8, 4) is 5.75 Å². The molecule has 0 fully saturated rings. The van der Waals surface area contributed by atoms with E-state index >= 15 is 0 Å². The second-order valence-corrected chi connectivity index (χ2v) is 10.0. The highest BCUT2D eigenvalue weighted by Gasteiger charge is 2.20. The van der Waals surface area contributed by atoms with Crippen molar-refractivity contribution in [3.63, 3.8) is 0 Å². The van der Waals surface area contributed by atoms with Crippen LogP contribution in [0.25, 0.3) is 0 Å². The predicted molar refractivity (Wildman–Crippen MR) is 139 cm³/mol. The molecule has 9 nitrogen and oxygen atoms in total. The summed E-state index contributed by atoms with van der Waals surface area (Å²) < 4.78 is 43.7. The van der Waals surface area contributed by atoms with E-state index in [-0.39, 0.29) is 24.2 Å². The molecule has 0 radical (unpaired) electrons.